The summed E-state index contributed by atoms with van der Waals surface area (Å²) in [5.41, 5.74) is 2.15. The minimum atomic E-state index is -1.48. The maximum atomic E-state index is 13.1. The first-order valence-electron chi connectivity index (χ1n) is 11.2. The first-order valence-corrected chi connectivity index (χ1v) is 11.2. The third-order valence-electron chi connectivity index (χ3n) is 5.35. The molecular weight excluding hydrogens is 485 g/mol. The fourth-order valence-electron chi connectivity index (χ4n) is 3.54. The number of hydrogen-bond donors (Lipinski definition) is 4. The Labute approximate surface area is 236 Å². The summed E-state index contributed by atoms with van der Waals surface area (Å²) in [5, 5.41) is 29.1. The molecule has 0 spiro atoms. The maximum absolute atomic E-state index is 13.1. The van der Waals surface area contributed by atoms with Crippen molar-refractivity contribution in [2.24, 2.45) is 0 Å². The molecule has 0 heterocycles. The molecule has 0 saturated heterocycles. The van der Waals surface area contributed by atoms with Crippen molar-refractivity contribution in [1.82, 2.24) is 10.6 Å². The van der Waals surface area contributed by atoms with Gasteiger partial charge < -0.3 is 31.0 Å². The van der Waals surface area contributed by atoms with Crippen LogP contribution in [0.5, 0.6) is 5.75 Å². The molecular formula is C27H26N3NaO6. The summed E-state index contributed by atoms with van der Waals surface area (Å²) < 4.78 is 0. The summed E-state index contributed by atoms with van der Waals surface area (Å²) in [6, 6.07) is 18.5. The van der Waals surface area contributed by atoms with E-state index < -0.39 is 29.9 Å². The van der Waals surface area contributed by atoms with Gasteiger partial charge in [-0.05, 0) is 53.9 Å². The standard InChI is InChI=1S/C27H27N3O6.Na/c1-17(31)28-21-11-7-18(8-12-21)16-24(27(35)36)30-26(34)23(15-19-9-13-22(32)14-10-19)29-25(33)20-5-3-2-4-6-20;/h2-14,23-24,32H,15-16H2,1H3,(H,28,31)(H,29,33)(H,30,34)(H,35,36);/q;+1/p-1/t23-,24-;/m0./s1. The Bertz CT molecular complexity index is 1220. The zero-order valence-corrected chi connectivity index (χ0v) is 22.6. The number of hydrogen-bond acceptors (Lipinski definition) is 6. The summed E-state index contributed by atoms with van der Waals surface area (Å²) in [7, 11) is 0. The number of amides is 3. The molecule has 3 amide bonds. The topological polar surface area (TPSA) is 148 Å². The van der Waals surface area contributed by atoms with Crippen molar-refractivity contribution in [2.75, 3.05) is 5.32 Å². The molecule has 0 radical (unpaired) electrons. The van der Waals surface area contributed by atoms with Crippen molar-refractivity contribution in [3.8, 4) is 5.75 Å². The number of nitrogens with one attached hydrogen (secondary N) is 3. The first-order chi connectivity index (χ1) is 17.2. The molecule has 2 atom stereocenters. The number of phenols is 1. The average Bonchev–Trinajstić information content (AvgIpc) is 2.85. The van der Waals surface area contributed by atoms with E-state index in [1.807, 2.05) is 0 Å². The Balaban J connectivity index is 0.00000481. The van der Waals surface area contributed by atoms with Gasteiger partial charge in [-0.15, -0.1) is 0 Å². The number of aliphatic carboxylic acids is 1. The van der Waals surface area contributed by atoms with Crippen LogP contribution >= 0.6 is 0 Å². The second-order valence-corrected chi connectivity index (χ2v) is 8.23. The quantitative estimate of drug-likeness (QED) is 0.236. The molecule has 3 aromatic carbocycles. The number of carbonyl (C=O) groups is 4. The Hall–Kier alpha value is -3.66. The normalized spacial score (nSPS) is 11.8. The van der Waals surface area contributed by atoms with Gasteiger partial charge in [-0.1, -0.05) is 42.5 Å². The number of benzene rings is 3. The Morgan fingerprint density at radius 2 is 1.32 bits per heavy atom. The van der Waals surface area contributed by atoms with Crippen LogP contribution in [-0.2, 0) is 27.2 Å². The fraction of sp³-hybridized carbons (Fsp3) is 0.185. The maximum Gasteiger partial charge on any atom is 1.00 e. The third kappa shape index (κ3) is 9.38. The van der Waals surface area contributed by atoms with E-state index in [0.717, 1.165) is 0 Å². The molecule has 4 N–H and O–H groups in total. The molecule has 0 aliphatic rings. The predicted molar refractivity (Wildman–Crippen MR) is 131 cm³/mol. The second-order valence-electron chi connectivity index (χ2n) is 8.23. The molecule has 0 aromatic heterocycles. The van der Waals surface area contributed by atoms with Gasteiger partial charge in [-0.3, -0.25) is 14.4 Å². The van der Waals surface area contributed by atoms with E-state index in [2.05, 4.69) is 16.0 Å². The van der Waals surface area contributed by atoms with Crippen molar-refractivity contribution in [3.05, 3.63) is 95.6 Å². The van der Waals surface area contributed by atoms with E-state index in [4.69, 9.17) is 0 Å². The molecule has 0 unspecified atom stereocenters. The molecule has 0 saturated carbocycles. The van der Waals surface area contributed by atoms with Crippen LogP contribution in [0.2, 0.25) is 0 Å². The SMILES string of the molecule is CC(=O)Nc1ccc(C[C@H](NC(=O)[C@H](Cc2ccc(O)cc2)NC(=O)c2ccccc2)C(=O)[O-])cc1.[Na+]. The van der Waals surface area contributed by atoms with Crippen LogP contribution in [-0.4, -0.2) is 40.9 Å². The molecule has 3 rings (SSSR count). The largest absolute Gasteiger partial charge is 1.00 e. The zero-order chi connectivity index (χ0) is 26.1. The Morgan fingerprint density at radius 3 is 1.86 bits per heavy atom. The van der Waals surface area contributed by atoms with Gasteiger partial charge in [-0.2, -0.15) is 0 Å². The third-order valence-corrected chi connectivity index (χ3v) is 5.35. The van der Waals surface area contributed by atoms with Crippen molar-refractivity contribution >= 4 is 29.4 Å². The van der Waals surface area contributed by atoms with Gasteiger partial charge in [0.05, 0.1) is 12.0 Å². The summed E-state index contributed by atoms with van der Waals surface area (Å²) >= 11 is 0. The van der Waals surface area contributed by atoms with Crippen LogP contribution in [0.25, 0.3) is 0 Å². The molecule has 37 heavy (non-hydrogen) atoms. The van der Waals surface area contributed by atoms with E-state index in [1.54, 1.807) is 66.7 Å². The molecule has 9 nitrogen and oxygen atoms in total. The summed E-state index contributed by atoms with van der Waals surface area (Å²) in [6.07, 6.45) is 0.00283. The summed E-state index contributed by atoms with van der Waals surface area (Å²) in [5.74, 6) is -2.86. The Kier molecular flexibility index (Phi) is 11.3. The molecule has 0 aliphatic carbocycles. The zero-order valence-electron chi connectivity index (χ0n) is 20.6. The predicted octanol–water partition coefficient (Wildman–Crippen LogP) is -1.83. The van der Waals surface area contributed by atoms with Crippen molar-refractivity contribution < 1.29 is 58.9 Å². The minimum Gasteiger partial charge on any atom is -0.548 e. The van der Waals surface area contributed by atoms with Gasteiger partial charge in [0.2, 0.25) is 11.8 Å². The van der Waals surface area contributed by atoms with Gasteiger partial charge in [0, 0.05) is 24.6 Å². The average molecular weight is 512 g/mol. The first kappa shape index (κ1) is 29.6. The van der Waals surface area contributed by atoms with E-state index in [1.165, 1.54) is 19.1 Å². The minimum absolute atomic E-state index is 0. The van der Waals surface area contributed by atoms with E-state index in [0.29, 0.717) is 22.4 Å². The fourth-order valence-corrected chi connectivity index (χ4v) is 3.54. The van der Waals surface area contributed by atoms with E-state index in [9.17, 15) is 29.4 Å². The Morgan fingerprint density at radius 1 is 0.784 bits per heavy atom. The monoisotopic (exact) mass is 511 g/mol. The molecule has 0 fully saturated rings. The van der Waals surface area contributed by atoms with Crippen LogP contribution in [0.15, 0.2) is 78.9 Å². The van der Waals surface area contributed by atoms with Crippen LogP contribution in [0.1, 0.15) is 28.4 Å². The number of aromatic hydroxyl groups is 1. The van der Waals surface area contributed by atoms with Gasteiger partial charge in [-0.25, -0.2) is 0 Å². The number of rotatable bonds is 10. The van der Waals surface area contributed by atoms with Gasteiger partial charge in [0.25, 0.3) is 5.91 Å². The number of carboxylic acids is 1. The summed E-state index contributed by atoms with van der Waals surface area (Å²) in [4.78, 5) is 48.9. The van der Waals surface area contributed by atoms with Crippen LogP contribution in [0.3, 0.4) is 0 Å². The number of carbonyl (C=O) groups excluding carboxylic acids is 4. The molecule has 0 bridgehead atoms. The van der Waals surface area contributed by atoms with Gasteiger partial charge in [0.15, 0.2) is 0 Å². The van der Waals surface area contributed by atoms with Crippen LogP contribution < -0.4 is 50.6 Å². The molecule has 186 valence electrons. The smallest absolute Gasteiger partial charge is 0.548 e. The molecule has 3 aromatic rings. The van der Waals surface area contributed by atoms with Crippen molar-refractivity contribution in [3.63, 3.8) is 0 Å². The van der Waals surface area contributed by atoms with Gasteiger partial charge in [0.1, 0.15) is 11.8 Å². The number of carboxylic acid groups (broad SMARTS) is 1. The number of phenolic OH excluding ortho intramolecular Hbond substituents is 1. The van der Waals surface area contributed by atoms with E-state index in [-0.39, 0.29) is 54.1 Å². The number of anilines is 1. The molecule has 10 heteroatoms. The van der Waals surface area contributed by atoms with Crippen LogP contribution in [0, 0.1) is 0 Å². The van der Waals surface area contributed by atoms with Gasteiger partial charge >= 0.3 is 29.6 Å². The van der Waals surface area contributed by atoms with Crippen molar-refractivity contribution in [2.45, 2.75) is 31.8 Å². The second kappa shape index (κ2) is 14.2. The summed E-state index contributed by atoms with van der Waals surface area (Å²) in [6.45, 7) is 1.38. The van der Waals surface area contributed by atoms with Crippen molar-refractivity contribution in [1.29, 1.82) is 0 Å². The van der Waals surface area contributed by atoms with Crippen LogP contribution in [0.4, 0.5) is 5.69 Å². The molecule has 0 aliphatic heterocycles. The van der Waals surface area contributed by atoms with E-state index >= 15 is 0 Å².